The van der Waals surface area contributed by atoms with E-state index in [0.29, 0.717) is 12.5 Å². The third-order valence-corrected chi connectivity index (χ3v) is 2.46. The predicted octanol–water partition coefficient (Wildman–Crippen LogP) is 1.84. The molecule has 0 fully saturated rings. The van der Waals surface area contributed by atoms with Crippen LogP contribution in [0.15, 0.2) is 29.2 Å². The molecule has 0 aliphatic heterocycles. The zero-order chi connectivity index (χ0) is 8.81. The van der Waals surface area contributed by atoms with E-state index in [2.05, 4.69) is 12.1 Å². The number of ether oxygens (including phenoxy) is 1. The smallest absolute Gasteiger partial charge is 0.0963 e. The van der Waals surface area contributed by atoms with E-state index < -0.39 is 0 Å². The maximum absolute atomic E-state index is 5.47. The second-order valence-electron chi connectivity index (χ2n) is 2.40. The third kappa shape index (κ3) is 2.85. The number of methoxy groups -OCH3 is 1. The van der Waals surface area contributed by atoms with Crippen molar-refractivity contribution >= 4 is 11.8 Å². The highest BCUT2D eigenvalue weighted by Crippen LogP contribution is 2.17. The Balaban J connectivity index is 2.53. The monoisotopic (exact) mass is 183 g/mol. The topological polar surface area (TPSA) is 35.2 Å². The molecular formula is C9H13NOS. The van der Waals surface area contributed by atoms with Gasteiger partial charge in [-0.2, -0.15) is 0 Å². The van der Waals surface area contributed by atoms with Gasteiger partial charge in [0.25, 0.3) is 0 Å². The molecule has 0 saturated carbocycles. The van der Waals surface area contributed by atoms with Crippen molar-refractivity contribution in [1.82, 2.24) is 0 Å². The van der Waals surface area contributed by atoms with Gasteiger partial charge in [-0.1, -0.05) is 23.9 Å². The highest BCUT2D eigenvalue weighted by atomic mass is 32.2. The minimum atomic E-state index is 0.606. The summed E-state index contributed by atoms with van der Waals surface area (Å²) in [7, 11) is 1.70. The van der Waals surface area contributed by atoms with Gasteiger partial charge in [-0.25, -0.2) is 0 Å². The lowest BCUT2D eigenvalue weighted by Gasteiger charge is -2.00. The first-order chi connectivity index (χ1) is 5.86. The van der Waals surface area contributed by atoms with E-state index in [4.69, 9.17) is 10.5 Å². The van der Waals surface area contributed by atoms with E-state index in [0.717, 1.165) is 5.56 Å². The van der Waals surface area contributed by atoms with Crippen LogP contribution >= 0.6 is 11.8 Å². The maximum atomic E-state index is 5.47. The van der Waals surface area contributed by atoms with Crippen molar-refractivity contribution in [2.45, 2.75) is 11.4 Å². The summed E-state index contributed by atoms with van der Waals surface area (Å²) in [6.45, 7) is 0.606. The van der Waals surface area contributed by atoms with Crippen molar-refractivity contribution in [3.05, 3.63) is 29.8 Å². The number of hydrogen-bond acceptors (Lipinski definition) is 3. The average molecular weight is 183 g/mol. The Morgan fingerprint density at radius 1 is 1.33 bits per heavy atom. The first-order valence-corrected chi connectivity index (χ1v) is 4.76. The molecule has 0 aliphatic rings. The van der Waals surface area contributed by atoms with Gasteiger partial charge in [-0.3, -0.25) is 0 Å². The minimum Gasteiger partial charge on any atom is -0.374 e. The lowest BCUT2D eigenvalue weighted by molar-refractivity contribution is 0.259. The molecule has 1 rings (SSSR count). The van der Waals surface area contributed by atoms with Crippen molar-refractivity contribution < 1.29 is 4.74 Å². The van der Waals surface area contributed by atoms with Crippen molar-refractivity contribution in [3.8, 4) is 0 Å². The lowest BCUT2D eigenvalue weighted by atomic mass is 10.2. The summed E-state index contributed by atoms with van der Waals surface area (Å²) in [6, 6.07) is 8.20. The van der Waals surface area contributed by atoms with E-state index in [1.807, 2.05) is 12.1 Å². The highest BCUT2D eigenvalue weighted by molar-refractivity contribution is 7.99. The van der Waals surface area contributed by atoms with Crippen LogP contribution in [0.1, 0.15) is 5.56 Å². The molecule has 0 spiro atoms. The molecule has 0 amide bonds. The molecule has 1 aromatic rings. The van der Waals surface area contributed by atoms with Gasteiger partial charge in [0.2, 0.25) is 0 Å². The van der Waals surface area contributed by atoms with Gasteiger partial charge in [0.1, 0.15) is 0 Å². The Kier molecular flexibility index (Phi) is 4.14. The summed E-state index contributed by atoms with van der Waals surface area (Å²) in [4.78, 5) is 1.22. The summed E-state index contributed by atoms with van der Waals surface area (Å²) in [5, 5.41) is 0. The second kappa shape index (κ2) is 5.19. The fraction of sp³-hybridized carbons (Fsp3) is 0.333. The molecule has 0 heterocycles. The molecule has 0 bridgehead atoms. The fourth-order valence-electron chi connectivity index (χ4n) is 0.849. The van der Waals surface area contributed by atoms with E-state index in [9.17, 15) is 0 Å². The first-order valence-electron chi connectivity index (χ1n) is 3.77. The van der Waals surface area contributed by atoms with Crippen LogP contribution in [-0.4, -0.2) is 13.0 Å². The maximum Gasteiger partial charge on any atom is 0.0963 e. The molecule has 2 N–H and O–H groups in total. The molecule has 0 radical (unpaired) electrons. The van der Waals surface area contributed by atoms with E-state index in [1.54, 1.807) is 18.9 Å². The number of thioether (sulfide) groups is 1. The first kappa shape index (κ1) is 9.58. The molecule has 66 valence electrons. The van der Waals surface area contributed by atoms with Gasteiger partial charge in [-0.05, 0) is 17.7 Å². The number of hydrogen-bond donors (Lipinski definition) is 1. The lowest BCUT2D eigenvalue weighted by Crippen LogP contribution is -1.95. The fourth-order valence-corrected chi connectivity index (χ4v) is 1.43. The molecular weight excluding hydrogens is 170 g/mol. The van der Waals surface area contributed by atoms with Crippen LogP contribution in [0.5, 0.6) is 0 Å². The summed E-state index contributed by atoms with van der Waals surface area (Å²) >= 11 is 1.68. The van der Waals surface area contributed by atoms with E-state index >= 15 is 0 Å². The van der Waals surface area contributed by atoms with Crippen molar-refractivity contribution in [2.75, 3.05) is 13.0 Å². The molecule has 1 aromatic carbocycles. The molecule has 2 nitrogen and oxygen atoms in total. The highest BCUT2D eigenvalue weighted by Gasteiger charge is 1.92. The molecule has 0 atom stereocenters. The Morgan fingerprint density at radius 2 is 2.00 bits per heavy atom. The molecule has 0 aromatic heterocycles. The Bertz CT molecular complexity index is 222. The molecule has 0 aliphatic carbocycles. The SMILES string of the molecule is COCSc1ccc(CN)cc1. The van der Waals surface area contributed by atoms with Crippen molar-refractivity contribution in [3.63, 3.8) is 0 Å². The summed E-state index contributed by atoms with van der Waals surface area (Å²) in [5.74, 6) is 0.696. The van der Waals surface area contributed by atoms with Gasteiger partial charge in [0, 0.05) is 18.6 Å². The third-order valence-electron chi connectivity index (χ3n) is 1.50. The van der Waals surface area contributed by atoms with Crippen LogP contribution < -0.4 is 5.73 Å². The van der Waals surface area contributed by atoms with Crippen LogP contribution in [0.4, 0.5) is 0 Å². The van der Waals surface area contributed by atoms with Crippen LogP contribution in [-0.2, 0) is 11.3 Å². The summed E-state index contributed by atoms with van der Waals surface area (Å²) < 4.78 is 4.94. The van der Waals surface area contributed by atoms with Crippen LogP contribution in [0.2, 0.25) is 0 Å². The largest absolute Gasteiger partial charge is 0.374 e. The number of nitrogens with two attached hydrogens (primary N) is 1. The summed E-state index contributed by atoms with van der Waals surface area (Å²) in [6.07, 6.45) is 0. The second-order valence-corrected chi connectivity index (χ2v) is 3.39. The zero-order valence-electron chi connectivity index (χ0n) is 7.12. The molecule has 3 heteroatoms. The van der Waals surface area contributed by atoms with Gasteiger partial charge in [-0.15, -0.1) is 0 Å². The Morgan fingerprint density at radius 3 is 2.50 bits per heavy atom. The zero-order valence-corrected chi connectivity index (χ0v) is 7.93. The molecule has 0 saturated heterocycles. The minimum absolute atomic E-state index is 0.606. The number of rotatable bonds is 4. The molecule has 12 heavy (non-hydrogen) atoms. The van der Waals surface area contributed by atoms with E-state index in [-0.39, 0.29) is 0 Å². The number of benzene rings is 1. The van der Waals surface area contributed by atoms with Gasteiger partial charge < -0.3 is 10.5 Å². The van der Waals surface area contributed by atoms with Crippen LogP contribution in [0.25, 0.3) is 0 Å². The quantitative estimate of drug-likeness (QED) is 0.571. The predicted molar refractivity (Wildman–Crippen MR) is 52.1 cm³/mol. The van der Waals surface area contributed by atoms with Gasteiger partial charge in [0.05, 0.1) is 5.94 Å². The van der Waals surface area contributed by atoms with Gasteiger partial charge >= 0.3 is 0 Å². The normalized spacial score (nSPS) is 10.2. The van der Waals surface area contributed by atoms with Crippen molar-refractivity contribution in [2.24, 2.45) is 5.73 Å². The average Bonchev–Trinajstić information content (AvgIpc) is 2.15. The van der Waals surface area contributed by atoms with Crippen molar-refractivity contribution in [1.29, 1.82) is 0 Å². The summed E-state index contributed by atoms with van der Waals surface area (Å²) in [5.41, 5.74) is 6.63. The molecule has 0 unspecified atom stereocenters. The van der Waals surface area contributed by atoms with Crippen LogP contribution in [0, 0.1) is 0 Å². The van der Waals surface area contributed by atoms with E-state index in [1.165, 1.54) is 4.90 Å². The standard InChI is InChI=1S/C9H13NOS/c1-11-7-12-9-4-2-8(6-10)3-5-9/h2-5H,6-7,10H2,1H3. The Labute approximate surface area is 77.1 Å². The van der Waals surface area contributed by atoms with Crippen LogP contribution in [0.3, 0.4) is 0 Å². The Hall–Kier alpha value is -0.510. The van der Waals surface area contributed by atoms with Gasteiger partial charge in [0.15, 0.2) is 0 Å².